The van der Waals surface area contributed by atoms with Gasteiger partial charge in [0.25, 0.3) is 6.71 Å². The molecule has 0 saturated heterocycles. The summed E-state index contributed by atoms with van der Waals surface area (Å²) in [4.78, 5) is 7.77. The molecule has 74 heavy (non-hydrogen) atoms. The number of nitrogens with zero attached hydrogens (tertiary/aromatic N) is 3. The van der Waals surface area contributed by atoms with E-state index >= 15 is 0 Å². The minimum Gasteiger partial charge on any atom is -0.453 e. The minimum atomic E-state index is -0.130. The second kappa shape index (κ2) is 16.1. The van der Waals surface area contributed by atoms with Crippen LogP contribution in [-0.2, 0) is 32.5 Å². The minimum absolute atomic E-state index is 0.00402. The van der Waals surface area contributed by atoms with Crippen molar-refractivity contribution in [2.75, 3.05) is 14.7 Å². The lowest BCUT2D eigenvalue weighted by Crippen LogP contribution is -2.61. The summed E-state index contributed by atoms with van der Waals surface area (Å²) < 4.78 is 10.0. The fourth-order valence-corrected chi connectivity index (χ4v) is 13.7. The molecule has 4 heterocycles. The zero-order valence-corrected chi connectivity index (χ0v) is 47.7. The van der Waals surface area contributed by atoms with Crippen LogP contribution in [0.4, 0.5) is 51.2 Å². The van der Waals surface area contributed by atoms with Crippen LogP contribution in [0, 0.1) is 0 Å². The molecule has 0 N–H and O–H groups in total. The molecule has 4 aliphatic rings. The van der Waals surface area contributed by atoms with Crippen LogP contribution in [-0.4, -0.2) is 6.71 Å². The van der Waals surface area contributed by atoms with Crippen molar-refractivity contribution in [2.45, 2.75) is 156 Å². The standard InChI is InChI=1S/C68H74BN3OS/c1-63(2,3)41-22-26-46(27-23-41)71-54-39-48(70(45-20-18-17-19-21-45)47-28-29-50-51(38-47)68(15,16)33-32-67(50,13)14)40-55-59(54)69(62-60(71)49-34-42(64(4,5)6)25-31-58(49)74-62)52-35-44(66(10,11)12)37-57-61(52)72(55)53-30-24-43(65(7,8)9)36-56(53)73-57/h17-31,34-40H,32-33H2,1-16H3. The number of hydrogen-bond donors (Lipinski definition) is 0. The number of thiophene rings is 1. The van der Waals surface area contributed by atoms with Gasteiger partial charge in [0, 0.05) is 43.3 Å². The topological polar surface area (TPSA) is 19.0 Å². The van der Waals surface area contributed by atoms with Gasteiger partial charge in [-0.3, -0.25) is 0 Å². The molecule has 0 bridgehead atoms. The molecular weight excluding hydrogens is 918 g/mol. The Kier molecular flexibility index (Phi) is 10.6. The molecular formula is C68H74BN3OS. The molecule has 0 fully saturated rings. The summed E-state index contributed by atoms with van der Waals surface area (Å²) in [5, 5.41) is 1.30. The first-order valence-electron chi connectivity index (χ1n) is 27.2. The summed E-state index contributed by atoms with van der Waals surface area (Å²) >= 11 is 1.97. The zero-order valence-electron chi connectivity index (χ0n) is 46.9. The first-order valence-corrected chi connectivity index (χ1v) is 28.0. The maximum atomic E-state index is 7.33. The molecule has 0 spiro atoms. The summed E-state index contributed by atoms with van der Waals surface area (Å²) in [7, 11) is 0. The second-order valence-electron chi connectivity index (χ2n) is 27.4. The van der Waals surface area contributed by atoms with Gasteiger partial charge in [0.05, 0.1) is 22.7 Å². The number of anilines is 9. The van der Waals surface area contributed by atoms with E-state index in [0.29, 0.717) is 0 Å². The van der Waals surface area contributed by atoms with E-state index in [2.05, 4.69) is 259 Å². The van der Waals surface area contributed by atoms with Crippen LogP contribution in [0.25, 0.3) is 10.1 Å². The van der Waals surface area contributed by atoms with Crippen molar-refractivity contribution in [3.63, 3.8) is 0 Å². The van der Waals surface area contributed by atoms with Crippen LogP contribution in [0.1, 0.15) is 157 Å². The van der Waals surface area contributed by atoms with E-state index in [1.54, 1.807) is 0 Å². The van der Waals surface area contributed by atoms with Crippen molar-refractivity contribution in [1.29, 1.82) is 0 Å². The van der Waals surface area contributed by atoms with Crippen LogP contribution in [0.5, 0.6) is 11.5 Å². The molecule has 1 aliphatic carbocycles. The van der Waals surface area contributed by atoms with Crippen LogP contribution in [0.2, 0.25) is 0 Å². The number of ether oxygens (including phenoxy) is 1. The van der Waals surface area contributed by atoms with Crippen molar-refractivity contribution in [1.82, 2.24) is 0 Å². The average molecular weight is 992 g/mol. The van der Waals surface area contributed by atoms with Gasteiger partial charge in [0.1, 0.15) is 0 Å². The summed E-state index contributed by atoms with van der Waals surface area (Å²) in [6.45, 7) is 37.5. The summed E-state index contributed by atoms with van der Waals surface area (Å²) in [6, 6.07) is 52.1. The van der Waals surface area contributed by atoms with Gasteiger partial charge >= 0.3 is 0 Å². The zero-order chi connectivity index (χ0) is 52.4. The Morgan fingerprint density at radius 1 is 0.486 bits per heavy atom. The summed E-state index contributed by atoms with van der Waals surface area (Å²) in [6.07, 6.45) is 2.32. The molecule has 376 valence electrons. The lowest BCUT2D eigenvalue weighted by Gasteiger charge is -2.46. The van der Waals surface area contributed by atoms with E-state index in [9.17, 15) is 0 Å². The van der Waals surface area contributed by atoms with E-state index in [4.69, 9.17) is 4.74 Å². The van der Waals surface area contributed by atoms with E-state index in [1.165, 1.54) is 88.3 Å². The number of fused-ring (bicyclic) bond motifs is 9. The van der Waals surface area contributed by atoms with E-state index in [0.717, 1.165) is 46.4 Å². The Morgan fingerprint density at radius 3 is 1.72 bits per heavy atom. The largest absolute Gasteiger partial charge is 0.453 e. The van der Waals surface area contributed by atoms with Crippen molar-refractivity contribution >= 4 is 95.0 Å². The molecule has 1 aromatic heterocycles. The van der Waals surface area contributed by atoms with Crippen molar-refractivity contribution in [3.05, 3.63) is 167 Å². The van der Waals surface area contributed by atoms with Gasteiger partial charge in [-0.15, -0.1) is 11.3 Å². The summed E-state index contributed by atoms with van der Waals surface area (Å²) in [5.41, 5.74) is 21.0. The van der Waals surface area contributed by atoms with Gasteiger partial charge in [0.15, 0.2) is 11.5 Å². The average Bonchev–Trinajstić information content (AvgIpc) is 3.71. The molecule has 0 radical (unpaired) electrons. The highest BCUT2D eigenvalue weighted by Crippen LogP contribution is 2.57. The van der Waals surface area contributed by atoms with Crippen LogP contribution in [0.15, 0.2) is 133 Å². The van der Waals surface area contributed by atoms with Crippen molar-refractivity contribution in [3.8, 4) is 11.5 Å². The molecule has 12 rings (SSSR count). The van der Waals surface area contributed by atoms with Crippen LogP contribution >= 0.6 is 11.3 Å². The predicted octanol–water partition coefficient (Wildman–Crippen LogP) is 18.1. The highest BCUT2D eigenvalue weighted by atomic mass is 32.1. The fourth-order valence-electron chi connectivity index (χ4n) is 12.4. The number of para-hydroxylation sites is 1. The van der Waals surface area contributed by atoms with Crippen molar-refractivity contribution < 1.29 is 4.74 Å². The smallest absolute Gasteiger partial charge is 0.264 e. The monoisotopic (exact) mass is 992 g/mol. The molecule has 0 unspecified atom stereocenters. The molecule has 8 aromatic rings. The van der Waals surface area contributed by atoms with Gasteiger partial charge in [0.2, 0.25) is 0 Å². The Balaban J connectivity index is 1.23. The molecule has 4 nitrogen and oxygen atoms in total. The Hall–Kier alpha value is -6.24. The van der Waals surface area contributed by atoms with Gasteiger partial charge in [-0.1, -0.05) is 165 Å². The van der Waals surface area contributed by atoms with Gasteiger partial charge in [-0.05, 0) is 169 Å². The molecule has 7 aromatic carbocycles. The maximum absolute atomic E-state index is 7.33. The third-order valence-electron chi connectivity index (χ3n) is 17.1. The van der Waals surface area contributed by atoms with Gasteiger partial charge < -0.3 is 19.4 Å². The normalized spacial score (nSPS) is 16.2. The number of benzene rings is 7. The van der Waals surface area contributed by atoms with Crippen LogP contribution < -0.4 is 35.1 Å². The predicted molar refractivity (Wildman–Crippen MR) is 321 cm³/mol. The number of rotatable bonds is 4. The second-order valence-corrected chi connectivity index (χ2v) is 28.5. The van der Waals surface area contributed by atoms with Gasteiger partial charge in [-0.2, -0.15) is 0 Å². The summed E-state index contributed by atoms with van der Waals surface area (Å²) in [5.74, 6) is 1.81. The first-order chi connectivity index (χ1) is 34.7. The SMILES string of the molecule is CC(C)(C)c1ccc(N2c3cc(N(c4ccccc4)c4ccc5c(c4)C(C)(C)CCC5(C)C)cc4c3B(c3cc(C(C)(C)C)cc5c3N4c3ccc(C(C)(C)C)cc3O5)c3sc4ccc(C(C)(C)C)cc4c32)cc1. The highest BCUT2D eigenvalue weighted by Gasteiger charge is 2.49. The van der Waals surface area contributed by atoms with E-state index in [-0.39, 0.29) is 39.2 Å². The third-order valence-corrected chi connectivity index (χ3v) is 18.3. The highest BCUT2D eigenvalue weighted by molar-refractivity contribution is 7.33. The quantitative estimate of drug-likeness (QED) is 0.164. The maximum Gasteiger partial charge on any atom is 0.264 e. The Bertz CT molecular complexity index is 3590. The number of hydrogen-bond acceptors (Lipinski definition) is 5. The molecule has 6 heteroatoms. The lowest BCUT2D eigenvalue weighted by atomic mass is 9.36. The Morgan fingerprint density at radius 2 is 1.07 bits per heavy atom. The van der Waals surface area contributed by atoms with E-state index in [1.807, 2.05) is 11.3 Å². The lowest BCUT2D eigenvalue weighted by molar-refractivity contribution is 0.332. The van der Waals surface area contributed by atoms with E-state index < -0.39 is 0 Å². The van der Waals surface area contributed by atoms with Crippen LogP contribution in [0.3, 0.4) is 0 Å². The van der Waals surface area contributed by atoms with Crippen molar-refractivity contribution in [2.24, 2.45) is 0 Å². The Labute approximate surface area is 446 Å². The third kappa shape index (κ3) is 7.66. The first kappa shape index (κ1) is 48.7. The molecule has 0 atom stereocenters. The van der Waals surface area contributed by atoms with Gasteiger partial charge in [-0.25, -0.2) is 0 Å². The molecule has 0 saturated carbocycles. The fraction of sp³-hybridized carbons (Fsp3) is 0.353. The molecule has 0 amide bonds. The molecule has 3 aliphatic heterocycles.